The van der Waals surface area contributed by atoms with Crippen LogP contribution in [0.4, 0.5) is 5.69 Å². The average Bonchev–Trinajstić information content (AvgIpc) is 3.08. The Morgan fingerprint density at radius 1 is 1.38 bits per heavy atom. The zero-order valence-electron chi connectivity index (χ0n) is 14.2. The second-order valence-corrected chi connectivity index (χ2v) is 7.02. The predicted molar refractivity (Wildman–Crippen MR) is 101 cm³/mol. The lowest BCUT2D eigenvalue weighted by atomic mass is 10.1. The molecular formula is C18H24N4OS. The van der Waals surface area contributed by atoms with E-state index < -0.39 is 0 Å². The number of anilines is 1. The highest BCUT2D eigenvalue weighted by Gasteiger charge is 2.21. The number of fused-ring (bicyclic) bond motifs is 1. The van der Waals surface area contributed by atoms with E-state index in [4.69, 9.17) is 10.5 Å². The number of hydrogen-bond acceptors (Lipinski definition) is 4. The molecule has 2 aromatic rings. The molecule has 3 rings (SSSR count). The molecule has 1 aromatic carbocycles. The molecule has 1 aromatic heterocycles. The zero-order valence-corrected chi connectivity index (χ0v) is 15.0. The monoisotopic (exact) mass is 344 g/mol. The van der Waals surface area contributed by atoms with Crippen LogP contribution in [-0.4, -0.2) is 37.1 Å². The number of nitrogens with zero attached hydrogens (tertiary/aromatic N) is 2. The van der Waals surface area contributed by atoms with Crippen LogP contribution in [0, 0.1) is 0 Å². The largest absolute Gasteiger partial charge is 0.497 e. The summed E-state index contributed by atoms with van der Waals surface area (Å²) in [5, 5.41) is 5.31. The number of methoxy groups -OCH3 is 1. The quantitative estimate of drug-likeness (QED) is 0.647. The van der Waals surface area contributed by atoms with E-state index in [9.17, 15) is 0 Å². The molecule has 2 heterocycles. The second kappa shape index (κ2) is 7.68. The van der Waals surface area contributed by atoms with Crippen LogP contribution in [0.3, 0.4) is 0 Å². The summed E-state index contributed by atoms with van der Waals surface area (Å²) in [7, 11) is 1.65. The van der Waals surface area contributed by atoms with E-state index in [0.717, 1.165) is 30.9 Å². The van der Waals surface area contributed by atoms with Crippen molar-refractivity contribution < 1.29 is 4.74 Å². The smallest absolute Gasteiger partial charge is 0.193 e. The predicted octanol–water partition coefficient (Wildman–Crippen LogP) is 2.93. The van der Waals surface area contributed by atoms with Crippen LogP contribution < -0.4 is 15.8 Å². The lowest BCUT2D eigenvalue weighted by molar-refractivity contribution is 0.197. The highest BCUT2D eigenvalue weighted by Crippen LogP contribution is 2.25. The molecule has 0 amide bonds. The Kier molecular flexibility index (Phi) is 5.37. The fourth-order valence-corrected chi connectivity index (χ4v) is 3.74. The highest BCUT2D eigenvalue weighted by molar-refractivity contribution is 7.10. The Bertz CT molecular complexity index is 695. The van der Waals surface area contributed by atoms with Crippen molar-refractivity contribution in [2.45, 2.75) is 25.9 Å². The van der Waals surface area contributed by atoms with Gasteiger partial charge in [0.2, 0.25) is 0 Å². The fourth-order valence-electron chi connectivity index (χ4n) is 2.85. The van der Waals surface area contributed by atoms with Gasteiger partial charge in [0.1, 0.15) is 5.75 Å². The minimum absolute atomic E-state index is 0.370. The third-order valence-corrected chi connectivity index (χ3v) is 5.37. The topological polar surface area (TPSA) is 62.9 Å². The molecule has 0 aliphatic carbocycles. The van der Waals surface area contributed by atoms with Crippen LogP contribution in [0.2, 0.25) is 0 Å². The van der Waals surface area contributed by atoms with Gasteiger partial charge in [0.25, 0.3) is 0 Å². The molecular weight excluding hydrogens is 320 g/mol. The molecule has 1 aliphatic rings. The van der Waals surface area contributed by atoms with Gasteiger partial charge in [-0.1, -0.05) is 0 Å². The Labute approximate surface area is 147 Å². The van der Waals surface area contributed by atoms with Gasteiger partial charge in [-0.2, -0.15) is 0 Å². The number of aliphatic imine (C=N–C) groups is 1. The summed E-state index contributed by atoms with van der Waals surface area (Å²) < 4.78 is 5.15. The van der Waals surface area contributed by atoms with Crippen LogP contribution in [0.25, 0.3) is 0 Å². The van der Waals surface area contributed by atoms with E-state index in [-0.39, 0.29) is 0 Å². The molecule has 1 aliphatic heterocycles. The number of nitrogens with one attached hydrogen (secondary N) is 1. The Hall–Kier alpha value is -2.05. The summed E-state index contributed by atoms with van der Waals surface area (Å²) in [6.07, 6.45) is 1.14. The van der Waals surface area contributed by atoms with E-state index in [1.54, 1.807) is 7.11 Å². The SMILES string of the molecule is COc1ccc(NC(N)=NCC(C)N2CCc3sccc3C2)cc1. The van der Waals surface area contributed by atoms with Crippen molar-refractivity contribution in [3.05, 3.63) is 46.2 Å². The third-order valence-electron chi connectivity index (χ3n) is 4.35. The first-order chi connectivity index (χ1) is 11.7. The number of guanidine groups is 1. The maximum atomic E-state index is 6.00. The molecule has 0 saturated carbocycles. The first-order valence-corrected chi connectivity index (χ1v) is 9.04. The maximum Gasteiger partial charge on any atom is 0.193 e. The van der Waals surface area contributed by atoms with Gasteiger partial charge in [0.05, 0.1) is 13.7 Å². The van der Waals surface area contributed by atoms with E-state index in [2.05, 4.69) is 33.6 Å². The van der Waals surface area contributed by atoms with Crippen molar-refractivity contribution in [3.63, 3.8) is 0 Å². The summed E-state index contributed by atoms with van der Waals surface area (Å²) in [5.41, 5.74) is 8.38. The molecule has 0 spiro atoms. The molecule has 1 atom stereocenters. The van der Waals surface area contributed by atoms with Crippen LogP contribution >= 0.6 is 11.3 Å². The van der Waals surface area contributed by atoms with Crippen molar-refractivity contribution in [1.82, 2.24) is 4.90 Å². The molecule has 0 saturated heterocycles. The van der Waals surface area contributed by atoms with Crippen LogP contribution in [0.5, 0.6) is 5.75 Å². The molecule has 24 heavy (non-hydrogen) atoms. The van der Waals surface area contributed by atoms with Crippen molar-refractivity contribution in [1.29, 1.82) is 0 Å². The molecule has 1 unspecified atom stereocenters. The van der Waals surface area contributed by atoms with E-state index in [1.807, 2.05) is 35.6 Å². The first-order valence-electron chi connectivity index (χ1n) is 8.16. The van der Waals surface area contributed by atoms with Crippen molar-refractivity contribution in [2.24, 2.45) is 10.7 Å². The normalized spacial score (nSPS) is 16.5. The van der Waals surface area contributed by atoms with Gasteiger partial charge in [-0.3, -0.25) is 9.89 Å². The first kappa shape index (κ1) is 16.8. The standard InChI is InChI=1S/C18H24N4OS/c1-13(22-9-7-17-14(12-22)8-10-24-17)11-20-18(19)21-15-3-5-16(23-2)6-4-15/h3-6,8,10,13H,7,9,11-12H2,1-2H3,(H3,19,20,21). The summed E-state index contributed by atoms with van der Waals surface area (Å²) in [6, 6.07) is 10.2. The van der Waals surface area contributed by atoms with Gasteiger partial charge in [0.15, 0.2) is 5.96 Å². The molecule has 3 N–H and O–H groups in total. The third kappa shape index (κ3) is 4.07. The van der Waals surface area contributed by atoms with Gasteiger partial charge >= 0.3 is 0 Å². The number of rotatable bonds is 5. The Morgan fingerprint density at radius 2 is 2.17 bits per heavy atom. The number of ether oxygens (including phenoxy) is 1. The lowest BCUT2D eigenvalue weighted by Gasteiger charge is -2.31. The van der Waals surface area contributed by atoms with Crippen LogP contribution in [0.1, 0.15) is 17.4 Å². The van der Waals surface area contributed by atoms with Gasteiger partial charge in [-0.15, -0.1) is 11.3 Å². The minimum atomic E-state index is 0.370. The Morgan fingerprint density at radius 3 is 2.92 bits per heavy atom. The number of hydrogen-bond donors (Lipinski definition) is 2. The van der Waals surface area contributed by atoms with E-state index in [0.29, 0.717) is 18.5 Å². The Balaban J connectivity index is 1.52. The second-order valence-electron chi connectivity index (χ2n) is 6.02. The van der Waals surface area contributed by atoms with Crippen LogP contribution in [-0.2, 0) is 13.0 Å². The number of nitrogens with two attached hydrogens (primary N) is 1. The number of benzene rings is 1. The molecule has 0 radical (unpaired) electrons. The van der Waals surface area contributed by atoms with Gasteiger partial charge in [-0.05, 0) is 54.6 Å². The lowest BCUT2D eigenvalue weighted by Crippen LogP contribution is -2.39. The summed E-state index contributed by atoms with van der Waals surface area (Å²) >= 11 is 1.87. The fraction of sp³-hybridized carbons (Fsp3) is 0.389. The van der Waals surface area contributed by atoms with E-state index in [1.165, 1.54) is 10.4 Å². The van der Waals surface area contributed by atoms with Crippen molar-refractivity contribution in [2.75, 3.05) is 25.5 Å². The van der Waals surface area contributed by atoms with Crippen LogP contribution in [0.15, 0.2) is 40.7 Å². The molecule has 0 bridgehead atoms. The average molecular weight is 344 g/mol. The zero-order chi connectivity index (χ0) is 16.9. The molecule has 5 nitrogen and oxygen atoms in total. The van der Waals surface area contributed by atoms with Crippen molar-refractivity contribution >= 4 is 23.0 Å². The van der Waals surface area contributed by atoms with E-state index >= 15 is 0 Å². The summed E-state index contributed by atoms with van der Waals surface area (Å²) in [4.78, 5) is 8.50. The molecule has 6 heteroatoms. The minimum Gasteiger partial charge on any atom is -0.497 e. The van der Waals surface area contributed by atoms with Crippen molar-refractivity contribution in [3.8, 4) is 5.75 Å². The number of thiophene rings is 1. The summed E-state index contributed by atoms with van der Waals surface area (Å²) in [6.45, 7) is 5.01. The highest BCUT2D eigenvalue weighted by atomic mass is 32.1. The molecule has 0 fully saturated rings. The molecule has 128 valence electrons. The summed E-state index contributed by atoms with van der Waals surface area (Å²) in [5.74, 6) is 1.27. The van der Waals surface area contributed by atoms with Gasteiger partial charge in [-0.25, -0.2) is 0 Å². The maximum absolute atomic E-state index is 6.00. The van der Waals surface area contributed by atoms with Gasteiger partial charge in [0, 0.05) is 29.7 Å². The van der Waals surface area contributed by atoms with Gasteiger partial charge < -0.3 is 15.8 Å².